The van der Waals surface area contributed by atoms with Gasteiger partial charge in [-0.05, 0) is 51.3 Å². The van der Waals surface area contributed by atoms with Crippen LogP contribution in [0.1, 0.15) is 44.4 Å². The smallest absolute Gasteiger partial charge is 0.407 e. The summed E-state index contributed by atoms with van der Waals surface area (Å²) in [7, 11) is 0. The fourth-order valence-electron chi connectivity index (χ4n) is 1.87. The van der Waals surface area contributed by atoms with Gasteiger partial charge in [0.15, 0.2) is 0 Å². The number of aliphatic hydroxyl groups is 2. The molecule has 0 fully saturated rings. The van der Waals surface area contributed by atoms with Crippen LogP contribution in [0.25, 0.3) is 0 Å². The second-order valence-corrected chi connectivity index (χ2v) is 6.24. The summed E-state index contributed by atoms with van der Waals surface area (Å²) in [4.78, 5) is 11.4. The SMILES string of the molecule is Cc1cc(C(O)C(O)CCNC(=O)OC(C)(C)C)ccc1F. The molecule has 1 aromatic rings. The number of nitrogens with one attached hydrogen (secondary N) is 1. The van der Waals surface area contributed by atoms with Crippen LogP contribution < -0.4 is 5.32 Å². The molecular formula is C16H24FNO4. The molecule has 1 aromatic carbocycles. The Bertz CT molecular complexity index is 513. The van der Waals surface area contributed by atoms with Gasteiger partial charge >= 0.3 is 6.09 Å². The Morgan fingerprint density at radius 2 is 2.00 bits per heavy atom. The van der Waals surface area contributed by atoms with Gasteiger partial charge in [0.2, 0.25) is 0 Å². The van der Waals surface area contributed by atoms with E-state index in [4.69, 9.17) is 4.74 Å². The lowest BCUT2D eigenvalue weighted by Crippen LogP contribution is -2.34. The molecule has 3 N–H and O–H groups in total. The third-order valence-electron chi connectivity index (χ3n) is 3.00. The van der Waals surface area contributed by atoms with E-state index in [0.717, 1.165) is 0 Å². The van der Waals surface area contributed by atoms with Crippen molar-refractivity contribution in [3.8, 4) is 0 Å². The minimum atomic E-state index is -1.14. The van der Waals surface area contributed by atoms with E-state index in [9.17, 15) is 19.4 Å². The first-order valence-electron chi connectivity index (χ1n) is 7.19. The van der Waals surface area contributed by atoms with Gasteiger partial charge in [0.05, 0.1) is 6.10 Å². The first kappa shape index (κ1) is 18.4. The topological polar surface area (TPSA) is 78.8 Å². The van der Waals surface area contributed by atoms with Crippen LogP contribution in [0, 0.1) is 12.7 Å². The molecule has 1 rings (SSSR count). The van der Waals surface area contributed by atoms with E-state index in [-0.39, 0.29) is 18.8 Å². The molecule has 0 spiro atoms. The Morgan fingerprint density at radius 3 is 2.55 bits per heavy atom. The number of amides is 1. The van der Waals surface area contributed by atoms with E-state index in [1.54, 1.807) is 27.7 Å². The van der Waals surface area contributed by atoms with Crippen molar-refractivity contribution in [2.24, 2.45) is 0 Å². The summed E-state index contributed by atoms with van der Waals surface area (Å²) in [6, 6.07) is 4.17. The second kappa shape index (κ2) is 7.56. The highest BCUT2D eigenvalue weighted by atomic mass is 19.1. The molecule has 0 saturated heterocycles. The molecule has 0 radical (unpaired) electrons. The number of aliphatic hydroxyl groups excluding tert-OH is 2. The van der Waals surface area contributed by atoms with E-state index in [0.29, 0.717) is 11.1 Å². The van der Waals surface area contributed by atoms with Gasteiger partial charge in [-0.1, -0.05) is 12.1 Å². The number of carbonyl (C=O) groups excluding carboxylic acids is 1. The third-order valence-corrected chi connectivity index (χ3v) is 3.00. The lowest BCUT2D eigenvalue weighted by atomic mass is 10.0. The molecule has 0 aliphatic rings. The van der Waals surface area contributed by atoms with Gasteiger partial charge in [0, 0.05) is 6.54 Å². The zero-order valence-corrected chi connectivity index (χ0v) is 13.4. The molecule has 0 saturated carbocycles. The second-order valence-electron chi connectivity index (χ2n) is 6.24. The van der Waals surface area contributed by atoms with Gasteiger partial charge in [0.1, 0.15) is 17.5 Å². The van der Waals surface area contributed by atoms with Crippen LogP contribution in [-0.2, 0) is 4.74 Å². The number of aryl methyl sites for hydroxylation is 1. The third kappa shape index (κ3) is 5.99. The Balaban J connectivity index is 2.46. The lowest BCUT2D eigenvalue weighted by molar-refractivity contribution is 0.0122. The predicted octanol–water partition coefficient (Wildman–Crippen LogP) is 2.44. The van der Waals surface area contributed by atoms with Crippen molar-refractivity contribution in [3.05, 3.63) is 35.1 Å². The Kier molecular flexibility index (Phi) is 6.32. The highest BCUT2D eigenvalue weighted by molar-refractivity contribution is 5.67. The molecule has 5 nitrogen and oxygen atoms in total. The summed E-state index contributed by atoms with van der Waals surface area (Å²) in [5, 5.41) is 22.5. The van der Waals surface area contributed by atoms with Crippen LogP contribution in [0.15, 0.2) is 18.2 Å². The maximum Gasteiger partial charge on any atom is 0.407 e. The number of carbonyl (C=O) groups is 1. The highest BCUT2D eigenvalue weighted by Crippen LogP contribution is 2.21. The minimum Gasteiger partial charge on any atom is -0.444 e. The average molecular weight is 313 g/mol. The quantitative estimate of drug-likeness (QED) is 0.780. The zero-order chi connectivity index (χ0) is 16.9. The van der Waals surface area contributed by atoms with Crippen molar-refractivity contribution in [2.75, 3.05) is 6.54 Å². The van der Waals surface area contributed by atoms with Crippen LogP contribution in [0.3, 0.4) is 0 Å². The van der Waals surface area contributed by atoms with Gasteiger partial charge in [-0.15, -0.1) is 0 Å². The fourth-order valence-corrected chi connectivity index (χ4v) is 1.87. The van der Waals surface area contributed by atoms with Crippen molar-refractivity contribution in [2.45, 2.75) is 51.9 Å². The number of hydrogen-bond acceptors (Lipinski definition) is 4. The first-order chi connectivity index (χ1) is 10.1. The van der Waals surface area contributed by atoms with Crippen LogP contribution in [0.2, 0.25) is 0 Å². The van der Waals surface area contributed by atoms with Gasteiger partial charge < -0.3 is 20.3 Å². The summed E-state index contributed by atoms with van der Waals surface area (Å²) < 4.78 is 18.2. The normalized spacial score (nSPS) is 14.3. The summed E-state index contributed by atoms with van der Waals surface area (Å²) in [5.41, 5.74) is 0.243. The van der Waals surface area contributed by atoms with Crippen LogP contribution in [0.5, 0.6) is 0 Å². The van der Waals surface area contributed by atoms with Gasteiger partial charge in [-0.2, -0.15) is 0 Å². The molecule has 0 bridgehead atoms. The summed E-state index contributed by atoms with van der Waals surface area (Å²) in [6.45, 7) is 7.00. The van der Waals surface area contributed by atoms with Crippen molar-refractivity contribution >= 4 is 6.09 Å². The van der Waals surface area contributed by atoms with Crippen molar-refractivity contribution in [1.82, 2.24) is 5.32 Å². The van der Waals surface area contributed by atoms with Crippen molar-refractivity contribution in [3.63, 3.8) is 0 Å². The molecule has 0 aromatic heterocycles. The largest absolute Gasteiger partial charge is 0.444 e. The van der Waals surface area contributed by atoms with Gasteiger partial charge in [-0.25, -0.2) is 9.18 Å². The Labute approximate surface area is 130 Å². The first-order valence-corrected chi connectivity index (χ1v) is 7.19. The number of benzene rings is 1. The molecule has 124 valence electrons. The van der Waals surface area contributed by atoms with Gasteiger partial charge in [0.25, 0.3) is 0 Å². The summed E-state index contributed by atoms with van der Waals surface area (Å²) in [6.07, 6.45) is -2.64. The van der Waals surface area contributed by atoms with Crippen LogP contribution in [-0.4, -0.2) is 34.6 Å². The van der Waals surface area contributed by atoms with Crippen molar-refractivity contribution < 1.29 is 24.1 Å². The van der Waals surface area contributed by atoms with E-state index in [1.165, 1.54) is 18.2 Å². The number of halogens is 1. The van der Waals surface area contributed by atoms with E-state index in [2.05, 4.69) is 5.32 Å². The fraction of sp³-hybridized carbons (Fsp3) is 0.562. The number of ether oxygens (including phenoxy) is 1. The monoisotopic (exact) mass is 313 g/mol. The lowest BCUT2D eigenvalue weighted by Gasteiger charge is -2.21. The summed E-state index contributed by atoms with van der Waals surface area (Å²) >= 11 is 0. The summed E-state index contributed by atoms with van der Waals surface area (Å²) in [5.74, 6) is -0.364. The molecule has 1 amide bonds. The van der Waals surface area contributed by atoms with Crippen molar-refractivity contribution in [1.29, 1.82) is 0 Å². The molecule has 2 unspecified atom stereocenters. The maximum absolute atomic E-state index is 13.2. The Hall–Kier alpha value is -1.66. The average Bonchev–Trinajstić information content (AvgIpc) is 2.38. The molecule has 22 heavy (non-hydrogen) atoms. The van der Waals surface area contributed by atoms with Crippen LogP contribution in [0.4, 0.5) is 9.18 Å². The van der Waals surface area contributed by atoms with E-state index in [1.807, 2.05) is 0 Å². The van der Waals surface area contributed by atoms with E-state index < -0.39 is 23.9 Å². The maximum atomic E-state index is 13.2. The Morgan fingerprint density at radius 1 is 1.36 bits per heavy atom. The van der Waals surface area contributed by atoms with E-state index >= 15 is 0 Å². The molecule has 0 aliphatic carbocycles. The highest BCUT2D eigenvalue weighted by Gasteiger charge is 2.20. The molecular weight excluding hydrogens is 289 g/mol. The van der Waals surface area contributed by atoms with Crippen LogP contribution >= 0.6 is 0 Å². The van der Waals surface area contributed by atoms with Gasteiger partial charge in [-0.3, -0.25) is 0 Å². The zero-order valence-electron chi connectivity index (χ0n) is 13.4. The number of alkyl carbamates (subject to hydrolysis) is 1. The molecule has 0 heterocycles. The standard InChI is InChI=1S/C16H24FNO4/c1-10-9-11(5-6-12(10)17)14(20)13(19)7-8-18-15(21)22-16(2,3)4/h5-6,9,13-14,19-20H,7-8H2,1-4H3,(H,18,21). The molecule has 6 heteroatoms. The predicted molar refractivity (Wildman–Crippen MR) is 81.0 cm³/mol. The molecule has 2 atom stereocenters. The minimum absolute atomic E-state index is 0.150. The molecule has 0 aliphatic heterocycles. The number of hydrogen-bond donors (Lipinski definition) is 3. The number of rotatable bonds is 5.